The van der Waals surface area contributed by atoms with Crippen molar-refractivity contribution in [1.82, 2.24) is 0 Å². The lowest BCUT2D eigenvalue weighted by molar-refractivity contribution is 0.660. The minimum atomic E-state index is -0.0469. The van der Waals surface area contributed by atoms with E-state index in [4.69, 9.17) is 0 Å². The molecular formula is C55H39N. The first kappa shape index (κ1) is 32.5. The van der Waals surface area contributed by atoms with E-state index in [1.165, 1.54) is 87.6 Å². The second kappa shape index (κ2) is 12.5. The smallest absolute Gasteiger partial charge is 0.0468 e. The van der Waals surface area contributed by atoms with Gasteiger partial charge in [-0.05, 0) is 130 Å². The van der Waals surface area contributed by atoms with Gasteiger partial charge in [-0.15, -0.1) is 0 Å². The molecule has 0 fully saturated rings. The summed E-state index contributed by atoms with van der Waals surface area (Å²) in [6.45, 7) is 4.69. The van der Waals surface area contributed by atoms with Gasteiger partial charge in [0.1, 0.15) is 0 Å². The molecule has 11 rings (SSSR count). The Morgan fingerprint density at radius 2 is 0.857 bits per heavy atom. The van der Waals surface area contributed by atoms with Crippen molar-refractivity contribution in [2.75, 3.05) is 4.90 Å². The molecule has 0 aromatic heterocycles. The molecule has 0 atom stereocenters. The van der Waals surface area contributed by atoms with Crippen LogP contribution in [-0.2, 0) is 5.41 Å². The van der Waals surface area contributed by atoms with Crippen LogP contribution in [0.25, 0.3) is 76.5 Å². The average molecular weight is 714 g/mol. The highest BCUT2D eigenvalue weighted by molar-refractivity contribution is 6.27. The van der Waals surface area contributed by atoms with Crippen LogP contribution in [0, 0.1) is 0 Å². The Morgan fingerprint density at radius 3 is 1.66 bits per heavy atom. The number of anilines is 3. The van der Waals surface area contributed by atoms with Crippen molar-refractivity contribution in [2.24, 2.45) is 0 Å². The van der Waals surface area contributed by atoms with Crippen LogP contribution in [0.4, 0.5) is 17.1 Å². The normalized spacial score (nSPS) is 13.0. The van der Waals surface area contributed by atoms with Gasteiger partial charge in [-0.2, -0.15) is 0 Å². The highest BCUT2D eigenvalue weighted by Gasteiger charge is 2.35. The molecule has 0 N–H and O–H groups in total. The quantitative estimate of drug-likeness (QED) is 0.161. The largest absolute Gasteiger partial charge is 0.310 e. The third-order valence-corrected chi connectivity index (χ3v) is 12.2. The van der Waals surface area contributed by atoms with Crippen LogP contribution in [0.1, 0.15) is 25.0 Å². The van der Waals surface area contributed by atoms with E-state index in [-0.39, 0.29) is 5.41 Å². The fourth-order valence-corrected chi connectivity index (χ4v) is 9.37. The lowest BCUT2D eigenvalue weighted by Crippen LogP contribution is -2.15. The highest BCUT2D eigenvalue weighted by Crippen LogP contribution is 2.51. The summed E-state index contributed by atoms with van der Waals surface area (Å²) in [5.41, 5.74) is 13.6. The maximum Gasteiger partial charge on any atom is 0.0468 e. The zero-order valence-corrected chi connectivity index (χ0v) is 31.5. The minimum Gasteiger partial charge on any atom is -0.310 e. The van der Waals surface area contributed by atoms with E-state index >= 15 is 0 Å². The predicted molar refractivity (Wildman–Crippen MR) is 240 cm³/mol. The number of rotatable bonds is 5. The lowest BCUT2D eigenvalue weighted by atomic mass is 9.82. The predicted octanol–water partition coefficient (Wildman–Crippen LogP) is 15.4. The fraction of sp³-hybridized carbons (Fsp3) is 0.0545. The maximum absolute atomic E-state index is 2.41. The van der Waals surface area contributed by atoms with Gasteiger partial charge in [0.25, 0.3) is 0 Å². The molecule has 0 bridgehead atoms. The molecule has 56 heavy (non-hydrogen) atoms. The van der Waals surface area contributed by atoms with Crippen LogP contribution < -0.4 is 4.90 Å². The Kier molecular flexibility index (Phi) is 7.28. The van der Waals surface area contributed by atoms with Gasteiger partial charge in [0, 0.05) is 22.5 Å². The minimum absolute atomic E-state index is 0.0469. The molecule has 1 nitrogen and oxygen atoms in total. The summed E-state index contributed by atoms with van der Waals surface area (Å²) < 4.78 is 0. The van der Waals surface area contributed by atoms with E-state index in [0.717, 1.165) is 17.1 Å². The molecule has 0 aliphatic heterocycles. The molecule has 1 heteroatoms. The Labute approximate surface area is 327 Å². The van der Waals surface area contributed by atoms with Crippen LogP contribution in [0.2, 0.25) is 0 Å². The number of hydrogen-bond acceptors (Lipinski definition) is 1. The number of hydrogen-bond donors (Lipinski definition) is 0. The van der Waals surface area contributed by atoms with E-state index in [0.29, 0.717) is 0 Å². The molecular weight excluding hydrogens is 675 g/mol. The van der Waals surface area contributed by atoms with Gasteiger partial charge in [-0.1, -0.05) is 172 Å². The molecule has 264 valence electrons. The standard InChI is InChI=1S/C55H39N/c1-55(2)51-18-9-8-17-48(51)50-35-46(31-32-52(50)55)56(45-15-10-14-42(33-45)36-11-4-3-5-12-36)44-29-27-37(28-30-44)43-26-21-39-20-23-41-25-24-40-22-19-38-13-6-7-16-47(38)53(40)54(41)49(39)34-43/h3-35H,1-2H3. The Bertz CT molecular complexity index is 3140. The average Bonchev–Trinajstić information content (AvgIpc) is 3.49. The zero-order valence-electron chi connectivity index (χ0n) is 31.5. The molecule has 0 radical (unpaired) electrons. The van der Waals surface area contributed by atoms with Gasteiger partial charge in [0.05, 0.1) is 0 Å². The summed E-state index contributed by atoms with van der Waals surface area (Å²) in [6.07, 6.45) is 0. The number of nitrogens with zero attached hydrogens (tertiary/aromatic N) is 1. The van der Waals surface area contributed by atoms with Gasteiger partial charge in [0.15, 0.2) is 0 Å². The van der Waals surface area contributed by atoms with Crippen LogP contribution >= 0.6 is 0 Å². The molecule has 10 aromatic carbocycles. The van der Waals surface area contributed by atoms with Crippen molar-refractivity contribution < 1.29 is 0 Å². The third kappa shape index (κ3) is 5.08. The highest BCUT2D eigenvalue weighted by atomic mass is 15.1. The molecule has 10 aromatic rings. The summed E-state index contributed by atoms with van der Waals surface area (Å²) in [4.78, 5) is 2.41. The first-order valence-corrected chi connectivity index (χ1v) is 19.6. The van der Waals surface area contributed by atoms with E-state index in [1.807, 2.05) is 0 Å². The van der Waals surface area contributed by atoms with Gasteiger partial charge in [0.2, 0.25) is 0 Å². The van der Waals surface area contributed by atoms with Crippen LogP contribution in [0.3, 0.4) is 0 Å². The van der Waals surface area contributed by atoms with Gasteiger partial charge >= 0.3 is 0 Å². The summed E-state index contributed by atoms with van der Waals surface area (Å²) in [6, 6.07) is 74.0. The molecule has 1 aliphatic carbocycles. The van der Waals surface area contributed by atoms with Crippen molar-refractivity contribution in [3.63, 3.8) is 0 Å². The molecule has 0 saturated heterocycles. The van der Waals surface area contributed by atoms with Crippen LogP contribution in [-0.4, -0.2) is 0 Å². The topological polar surface area (TPSA) is 3.24 Å². The van der Waals surface area contributed by atoms with Crippen molar-refractivity contribution in [1.29, 1.82) is 0 Å². The summed E-state index contributed by atoms with van der Waals surface area (Å²) >= 11 is 0. The first-order valence-electron chi connectivity index (χ1n) is 19.6. The zero-order chi connectivity index (χ0) is 37.4. The molecule has 0 unspecified atom stereocenters. The third-order valence-electron chi connectivity index (χ3n) is 12.2. The Hall–Kier alpha value is -6.96. The SMILES string of the molecule is CC1(C)c2ccccc2-c2cc(N(c3ccc(-c4ccc5ccc6ccc7ccc8ccccc8c7c6c5c4)cc3)c3cccc(-c4ccccc4)c3)ccc21. The van der Waals surface area contributed by atoms with Crippen molar-refractivity contribution in [3.05, 3.63) is 211 Å². The van der Waals surface area contributed by atoms with E-state index in [2.05, 4.69) is 219 Å². The summed E-state index contributed by atoms with van der Waals surface area (Å²) in [5.74, 6) is 0. The first-order chi connectivity index (χ1) is 27.5. The molecule has 0 spiro atoms. The second-order valence-electron chi connectivity index (χ2n) is 15.7. The van der Waals surface area contributed by atoms with Gasteiger partial charge in [-0.25, -0.2) is 0 Å². The van der Waals surface area contributed by atoms with Crippen LogP contribution in [0.5, 0.6) is 0 Å². The maximum atomic E-state index is 2.41. The van der Waals surface area contributed by atoms with Crippen molar-refractivity contribution in [2.45, 2.75) is 19.3 Å². The lowest BCUT2D eigenvalue weighted by Gasteiger charge is -2.28. The van der Waals surface area contributed by atoms with Gasteiger partial charge in [-0.3, -0.25) is 0 Å². The van der Waals surface area contributed by atoms with E-state index < -0.39 is 0 Å². The second-order valence-corrected chi connectivity index (χ2v) is 15.7. The Balaban J connectivity index is 1.06. The van der Waals surface area contributed by atoms with Crippen molar-refractivity contribution >= 4 is 60.2 Å². The van der Waals surface area contributed by atoms with Crippen molar-refractivity contribution in [3.8, 4) is 33.4 Å². The van der Waals surface area contributed by atoms with Gasteiger partial charge < -0.3 is 4.90 Å². The Morgan fingerprint density at radius 1 is 0.321 bits per heavy atom. The molecule has 1 aliphatic rings. The monoisotopic (exact) mass is 713 g/mol. The molecule has 0 heterocycles. The molecule has 0 amide bonds. The molecule has 0 saturated carbocycles. The van der Waals surface area contributed by atoms with E-state index in [9.17, 15) is 0 Å². The fourth-order valence-electron chi connectivity index (χ4n) is 9.37. The number of benzene rings is 10. The van der Waals surface area contributed by atoms with Crippen LogP contribution in [0.15, 0.2) is 200 Å². The summed E-state index contributed by atoms with van der Waals surface area (Å²) in [7, 11) is 0. The summed E-state index contributed by atoms with van der Waals surface area (Å²) in [5, 5.41) is 10.3. The number of fused-ring (bicyclic) bond motifs is 10. The van der Waals surface area contributed by atoms with E-state index in [1.54, 1.807) is 0 Å².